The van der Waals surface area contributed by atoms with Crippen LogP contribution >= 0.6 is 0 Å². The summed E-state index contributed by atoms with van der Waals surface area (Å²) in [6.45, 7) is 10.2. The van der Waals surface area contributed by atoms with Crippen LogP contribution in [0.25, 0.3) is 0 Å². The van der Waals surface area contributed by atoms with E-state index in [-0.39, 0.29) is 12.4 Å². The van der Waals surface area contributed by atoms with Crippen LogP contribution in [0.4, 0.5) is 0 Å². The predicted octanol–water partition coefficient (Wildman–Crippen LogP) is 3.39. The van der Waals surface area contributed by atoms with Crippen LogP contribution < -0.4 is 12.4 Å². The summed E-state index contributed by atoms with van der Waals surface area (Å²) in [5.74, 6) is -0.547. The van der Waals surface area contributed by atoms with Crippen molar-refractivity contribution in [3.05, 3.63) is 12.2 Å². The number of carbonyl (C=O) groups is 1. The van der Waals surface area contributed by atoms with Crippen LogP contribution in [0.15, 0.2) is 12.2 Å². The highest BCUT2D eigenvalue weighted by molar-refractivity contribution is 5.86. The van der Waals surface area contributed by atoms with Crippen LogP contribution in [0.2, 0.25) is 0 Å². The van der Waals surface area contributed by atoms with Gasteiger partial charge < -0.3 is 31.5 Å². The van der Waals surface area contributed by atoms with E-state index in [4.69, 9.17) is 9.47 Å². The normalized spacial score (nSPS) is 12.3. The second kappa shape index (κ2) is 23.1. The van der Waals surface area contributed by atoms with Crippen molar-refractivity contribution >= 4 is 5.97 Å². The number of esters is 1. The fraction of sp³-hybridized carbons (Fsp3) is 0.889. The minimum absolute atomic E-state index is 0. The number of nitrogens with zero attached hydrogens (tertiary/aromatic N) is 1. The minimum atomic E-state index is -1.11. The Hall–Kier alpha value is -0.620. The van der Waals surface area contributed by atoms with Gasteiger partial charge in [0.15, 0.2) is 0 Å². The highest BCUT2D eigenvalue weighted by Gasteiger charge is 2.23. The summed E-state index contributed by atoms with van der Waals surface area (Å²) in [5, 5.41) is 9.92. The third kappa shape index (κ3) is 24.3. The molecule has 1 atom stereocenters. The first-order valence-corrected chi connectivity index (χ1v) is 13.2. The standard InChI is InChI=1S/C27H54NO4.ClH/c1-6-7-8-9-10-11-12-13-14-15-16-17-18-19-22-31-23-20-21-28(4,5)24-26(29)32-27(30)25(2)3;/h26,29H,2,6-24H2,1,3-5H3;1H/q+1;/p-1. The van der Waals surface area contributed by atoms with Crippen molar-refractivity contribution in [1.82, 2.24) is 0 Å². The topological polar surface area (TPSA) is 55.8 Å². The molecule has 0 bridgehead atoms. The van der Waals surface area contributed by atoms with Crippen molar-refractivity contribution in [2.45, 2.75) is 116 Å². The lowest BCUT2D eigenvalue weighted by Crippen LogP contribution is -3.00. The number of rotatable bonds is 23. The third-order valence-electron chi connectivity index (χ3n) is 5.94. The van der Waals surface area contributed by atoms with Gasteiger partial charge in [0.05, 0.1) is 27.2 Å². The van der Waals surface area contributed by atoms with Crippen LogP contribution in [0.5, 0.6) is 0 Å². The molecule has 1 N–H and O–H groups in total. The molecule has 0 saturated carbocycles. The molecule has 0 amide bonds. The number of aliphatic hydroxyl groups excluding tert-OH is 1. The van der Waals surface area contributed by atoms with Gasteiger partial charge in [0, 0.05) is 18.6 Å². The molecule has 0 heterocycles. The Morgan fingerprint density at radius 3 is 1.70 bits per heavy atom. The van der Waals surface area contributed by atoms with E-state index >= 15 is 0 Å². The van der Waals surface area contributed by atoms with Crippen molar-refractivity contribution in [3.8, 4) is 0 Å². The molecule has 0 aromatic rings. The molecule has 1 unspecified atom stereocenters. The number of hydrogen-bond donors (Lipinski definition) is 1. The van der Waals surface area contributed by atoms with Crippen molar-refractivity contribution < 1.29 is 36.3 Å². The van der Waals surface area contributed by atoms with Crippen LogP contribution in [-0.4, -0.2) is 62.2 Å². The molecule has 0 aliphatic carbocycles. The average molecular weight is 492 g/mol. The van der Waals surface area contributed by atoms with Gasteiger partial charge in [-0.1, -0.05) is 97.0 Å². The number of aliphatic hydroxyl groups is 1. The molecular weight excluding hydrogens is 438 g/mol. The highest BCUT2D eigenvalue weighted by Crippen LogP contribution is 2.13. The first kappa shape index (κ1) is 34.5. The van der Waals surface area contributed by atoms with Gasteiger partial charge in [0.25, 0.3) is 6.29 Å². The maximum absolute atomic E-state index is 11.5. The first-order valence-electron chi connectivity index (χ1n) is 13.2. The summed E-state index contributed by atoms with van der Waals surface area (Å²) < 4.78 is 11.3. The van der Waals surface area contributed by atoms with Gasteiger partial charge in [-0.15, -0.1) is 0 Å². The van der Waals surface area contributed by atoms with E-state index in [9.17, 15) is 9.90 Å². The zero-order chi connectivity index (χ0) is 24.1. The summed E-state index contributed by atoms with van der Waals surface area (Å²) in [6, 6.07) is 0. The first-order chi connectivity index (χ1) is 15.3. The maximum atomic E-state index is 11.5. The third-order valence-corrected chi connectivity index (χ3v) is 5.94. The Morgan fingerprint density at radius 1 is 0.818 bits per heavy atom. The number of ether oxygens (including phenoxy) is 2. The van der Waals surface area contributed by atoms with Gasteiger partial charge in [-0.25, -0.2) is 4.79 Å². The molecule has 6 heteroatoms. The Morgan fingerprint density at radius 2 is 1.24 bits per heavy atom. The lowest BCUT2D eigenvalue weighted by atomic mass is 10.0. The molecule has 0 radical (unpaired) electrons. The molecule has 0 saturated heterocycles. The zero-order valence-electron chi connectivity index (χ0n) is 22.2. The maximum Gasteiger partial charge on any atom is 0.335 e. The Balaban J connectivity index is 0. The van der Waals surface area contributed by atoms with Gasteiger partial charge in [-0.2, -0.15) is 0 Å². The van der Waals surface area contributed by atoms with Gasteiger partial charge in [0.2, 0.25) is 0 Å². The molecule has 198 valence electrons. The Labute approximate surface area is 211 Å². The number of hydrogen-bond acceptors (Lipinski definition) is 4. The van der Waals surface area contributed by atoms with Crippen LogP contribution in [0.1, 0.15) is 110 Å². The smallest absolute Gasteiger partial charge is 0.335 e. The summed E-state index contributed by atoms with van der Waals surface area (Å²) >= 11 is 0. The molecule has 0 aromatic heterocycles. The molecule has 33 heavy (non-hydrogen) atoms. The number of likely N-dealkylation sites (N-methyl/N-ethyl adjacent to an activating group) is 1. The van der Waals surface area contributed by atoms with Crippen molar-refractivity contribution in [2.24, 2.45) is 0 Å². The van der Waals surface area contributed by atoms with Gasteiger partial charge in [-0.3, -0.25) is 0 Å². The minimum Gasteiger partial charge on any atom is -1.00 e. The summed E-state index contributed by atoms with van der Waals surface area (Å²) in [5.41, 5.74) is 0.297. The fourth-order valence-electron chi connectivity index (χ4n) is 3.87. The predicted molar refractivity (Wildman–Crippen MR) is 135 cm³/mol. The Bertz CT molecular complexity index is 471. The summed E-state index contributed by atoms with van der Waals surface area (Å²) in [7, 11) is 4.04. The van der Waals surface area contributed by atoms with Crippen molar-refractivity contribution in [3.63, 3.8) is 0 Å². The molecule has 0 aliphatic heterocycles. The fourth-order valence-corrected chi connectivity index (χ4v) is 3.87. The number of unbranched alkanes of at least 4 members (excludes halogenated alkanes) is 13. The molecule has 0 rings (SSSR count). The van der Waals surface area contributed by atoms with Gasteiger partial charge >= 0.3 is 5.97 Å². The highest BCUT2D eigenvalue weighted by atomic mass is 35.5. The monoisotopic (exact) mass is 491 g/mol. The van der Waals surface area contributed by atoms with Gasteiger partial charge in [-0.05, 0) is 13.3 Å². The van der Waals surface area contributed by atoms with E-state index in [0.717, 1.165) is 32.6 Å². The van der Waals surface area contributed by atoms with E-state index in [1.54, 1.807) is 6.92 Å². The molecule has 0 spiro atoms. The average Bonchev–Trinajstić information content (AvgIpc) is 2.72. The lowest BCUT2D eigenvalue weighted by molar-refractivity contribution is -0.896. The van der Waals surface area contributed by atoms with E-state index in [2.05, 4.69) is 13.5 Å². The molecular formula is C27H54ClNO4. The molecule has 0 fully saturated rings. The zero-order valence-corrected chi connectivity index (χ0v) is 23.0. The number of quaternary nitrogens is 1. The second-order valence-corrected chi connectivity index (χ2v) is 10.0. The van der Waals surface area contributed by atoms with Crippen molar-refractivity contribution in [2.75, 3.05) is 40.4 Å². The molecule has 5 nitrogen and oxygen atoms in total. The number of carbonyl (C=O) groups excluding carboxylic acids is 1. The van der Waals surface area contributed by atoms with E-state index in [0.29, 0.717) is 16.6 Å². The SMILES string of the molecule is C=C(C)C(=O)OC(O)C[N+](C)(C)CCCOCCCCCCCCCCCCCCCC.[Cl-]. The summed E-state index contributed by atoms with van der Waals surface area (Å²) in [6.07, 6.45) is 19.0. The van der Waals surface area contributed by atoms with Crippen LogP contribution in [0.3, 0.4) is 0 Å². The van der Waals surface area contributed by atoms with Gasteiger partial charge in [0.1, 0.15) is 6.54 Å². The van der Waals surface area contributed by atoms with Crippen LogP contribution in [-0.2, 0) is 14.3 Å². The Kier molecular flexibility index (Phi) is 24.2. The second-order valence-electron chi connectivity index (χ2n) is 10.0. The molecule has 0 aromatic carbocycles. The molecule has 0 aliphatic rings. The number of halogens is 1. The lowest BCUT2D eigenvalue weighted by Gasteiger charge is -2.31. The van der Waals surface area contributed by atoms with E-state index in [1.807, 2.05) is 14.1 Å². The summed E-state index contributed by atoms with van der Waals surface area (Å²) in [4.78, 5) is 11.5. The van der Waals surface area contributed by atoms with E-state index < -0.39 is 12.3 Å². The largest absolute Gasteiger partial charge is 1.00 e. The quantitative estimate of drug-likeness (QED) is 0.0782. The van der Waals surface area contributed by atoms with Crippen LogP contribution in [0, 0.1) is 0 Å². The van der Waals surface area contributed by atoms with Crippen molar-refractivity contribution in [1.29, 1.82) is 0 Å². The van der Waals surface area contributed by atoms with E-state index in [1.165, 1.54) is 83.5 Å².